The van der Waals surface area contributed by atoms with Gasteiger partial charge in [-0.05, 0) is 53.5 Å². The SMILES string of the molecule is CN(C)C(=O)C(NC(=O)[C@H]1Cc2c([nH]c3ccccc23)[C@H](C2CCCCC2)N1)c1ccc(-c2ccccc2)cc1. The van der Waals surface area contributed by atoms with E-state index in [-0.39, 0.29) is 17.9 Å². The minimum atomic E-state index is -0.758. The van der Waals surface area contributed by atoms with Gasteiger partial charge in [0, 0.05) is 30.7 Å². The van der Waals surface area contributed by atoms with Crippen molar-refractivity contribution in [3.05, 3.63) is 95.7 Å². The number of amides is 2. The molecular weight excluding hydrogens is 496 g/mol. The first-order chi connectivity index (χ1) is 19.5. The van der Waals surface area contributed by atoms with E-state index in [1.54, 1.807) is 19.0 Å². The molecule has 1 aliphatic carbocycles. The van der Waals surface area contributed by atoms with E-state index in [2.05, 4.69) is 52.0 Å². The number of rotatable bonds is 6. The number of fused-ring (bicyclic) bond motifs is 3. The van der Waals surface area contributed by atoms with Crippen LogP contribution in [0.25, 0.3) is 22.0 Å². The molecule has 40 heavy (non-hydrogen) atoms. The van der Waals surface area contributed by atoms with E-state index in [4.69, 9.17) is 0 Å². The van der Waals surface area contributed by atoms with Gasteiger partial charge >= 0.3 is 0 Å². The second-order valence-corrected chi connectivity index (χ2v) is 11.5. The third kappa shape index (κ3) is 5.16. The lowest BCUT2D eigenvalue weighted by Gasteiger charge is -2.37. The molecule has 2 amide bonds. The number of aromatic amines is 1. The van der Waals surface area contributed by atoms with Crippen molar-refractivity contribution < 1.29 is 9.59 Å². The highest BCUT2D eigenvalue weighted by atomic mass is 16.2. The minimum Gasteiger partial charge on any atom is -0.357 e. The second-order valence-electron chi connectivity index (χ2n) is 11.5. The van der Waals surface area contributed by atoms with Crippen LogP contribution in [0.2, 0.25) is 0 Å². The minimum absolute atomic E-state index is 0.0976. The number of carbonyl (C=O) groups is 2. The second kappa shape index (κ2) is 11.3. The van der Waals surface area contributed by atoms with Gasteiger partial charge in [-0.1, -0.05) is 92.1 Å². The molecule has 3 atom stereocenters. The standard InChI is InChI=1S/C34H38N4O2/c1-38(2)34(40)31(25-19-17-23(18-20-25)22-11-5-3-6-12-22)37-33(39)29-21-27-26-15-9-10-16-28(26)35-32(27)30(36-29)24-13-7-4-8-14-24/h3,5-6,9-12,15-20,24,29-31,35-36H,4,7-8,13-14,21H2,1-2H3,(H,37,39)/t29-,30+,31?/m1/s1. The lowest BCUT2D eigenvalue weighted by molar-refractivity contribution is -0.135. The Morgan fingerprint density at radius 3 is 2.25 bits per heavy atom. The highest BCUT2D eigenvalue weighted by Gasteiger charge is 2.38. The van der Waals surface area contributed by atoms with Crippen LogP contribution < -0.4 is 10.6 Å². The summed E-state index contributed by atoms with van der Waals surface area (Å²) in [7, 11) is 3.46. The Bertz CT molecular complexity index is 1490. The van der Waals surface area contributed by atoms with Gasteiger partial charge in [0.25, 0.3) is 0 Å². The van der Waals surface area contributed by atoms with Crippen molar-refractivity contribution in [3.8, 4) is 11.1 Å². The summed E-state index contributed by atoms with van der Waals surface area (Å²) < 4.78 is 0. The molecule has 2 heterocycles. The van der Waals surface area contributed by atoms with Crippen molar-refractivity contribution in [2.75, 3.05) is 14.1 Å². The van der Waals surface area contributed by atoms with E-state index in [9.17, 15) is 9.59 Å². The first kappa shape index (κ1) is 26.3. The molecule has 0 saturated heterocycles. The van der Waals surface area contributed by atoms with E-state index in [1.807, 2.05) is 42.5 Å². The number of benzene rings is 3. The van der Waals surface area contributed by atoms with Gasteiger partial charge in [0.15, 0.2) is 0 Å². The maximum absolute atomic E-state index is 13.9. The van der Waals surface area contributed by atoms with E-state index in [1.165, 1.54) is 35.9 Å². The monoisotopic (exact) mass is 534 g/mol. The third-order valence-corrected chi connectivity index (χ3v) is 8.71. The predicted molar refractivity (Wildman–Crippen MR) is 160 cm³/mol. The molecule has 0 bridgehead atoms. The van der Waals surface area contributed by atoms with E-state index >= 15 is 0 Å². The fourth-order valence-electron chi connectivity index (χ4n) is 6.56. The molecule has 6 nitrogen and oxygen atoms in total. The number of nitrogens with zero attached hydrogens (tertiary/aromatic N) is 1. The molecule has 0 spiro atoms. The third-order valence-electron chi connectivity index (χ3n) is 8.71. The van der Waals surface area contributed by atoms with Gasteiger partial charge in [-0.25, -0.2) is 0 Å². The number of aromatic nitrogens is 1. The Morgan fingerprint density at radius 2 is 1.52 bits per heavy atom. The van der Waals surface area contributed by atoms with E-state index in [0.29, 0.717) is 12.3 Å². The van der Waals surface area contributed by atoms with Crippen molar-refractivity contribution >= 4 is 22.7 Å². The van der Waals surface area contributed by atoms with Gasteiger partial charge < -0.3 is 15.2 Å². The van der Waals surface area contributed by atoms with Gasteiger partial charge in [-0.15, -0.1) is 0 Å². The maximum Gasteiger partial charge on any atom is 0.249 e. The molecule has 0 radical (unpaired) electrons. The Kier molecular flexibility index (Phi) is 7.44. The number of likely N-dealkylation sites (N-methyl/N-ethyl adjacent to an activating group) is 1. The molecule has 1 fully saturated rings. The topological polar surface area (TPSA) is 77.2 Å². The molecule has 6 heteroatoms. The number of hydrogen-bond acceptors (Lipinski definition) is 3. The summed E-state index contributed by atoms with van der Waals surface area (Å²) in [4.78, 5) is 32.5. The van der Waals surface area contributed by atoms with Crippen LogP contribution in [0.4, 0.5) is 0 Å². The van der Waals surface area contributed by atoms with Crippen LogP contribution in [0.3, 0.4) is 0 Å². The number of carbonyl (C=O) groups excluding carboxylic acids is 2. The lowest BCUT2D eigenvalue weighted by atomic mass is 9.79. The first-order valence-corrected chi connectivity index (χ1v) is 14.5. The Morgan fingerprint density at radius 1 is 0.850 bits per heavy atom. The van der Waals surface area contributed by atoms with Crippen molar-refractivity contribution in [1.82, 2.24) is 20.5 Å². The van der Waals surface area contributed by atoms with Crippen LogP contribution in [0.5, 0.6) is 0 Å². The van der Waals surface area contributed by atoms with Crippen LogP contribution in [0, 0.1) is 5.92 Å². The molecule has 2 aliphatic rings. The molecule has 1 unspecified atom stereocenters. The maximum atomic E-state index is 13.9. The average Bonchev–Trinajstić information content (AvgIpc) is 3.38. The summed E-state index contributed by atoms with van der Waals surface area (Å²) in [6.07, 6.45) is 6.66. The summed E-state index contributed by atoms with van der Waals surface area (Å²) in [5.74, 6) is 0.207. The number of H-pyrrole nitrogens is 1. The van der Waals surface area contributed by atoms with Crippen LogP contribution in [-0.4, -0.2) is 41.8 Å². The molecule has 1 saturated carbocycles. The molecule has 1 aliphatic heterocycles. The van der Waals surface area contributed by atoms with Gasteiger partial charge in [0.1, 0.15) is 6.04 Å². The average molecular weight is 535 g/mol. The number of hydrogen-bond donors (Lipinski definition) is 3. The summed E-state index contributed by atoms with van der Waals surface area (Å²) >= 11 is 0. The largest absolute Gasteiger partial charge is 0.357 e. The van der Waals surface area contributed by atoms with Crippen LogP contribution >= 0.6 is 0 Å². The zero-order valence-corrected chi connectivity index (χ0v) is 23.3. The normalized spacial score (nSPS) is 20.1. The Balaban J connectivity index is 1.28. The number of nitrogens with one attached hydrogen (secondary N) is 3. The fourth-order valence-corrected chi connectivity index (χ4v) is 6.56. The quantitative estimate of drug-likeness (QED) is 0.288. The van der Waals surface area contributed by atoms with Crippen molar-refractivity contribution in [2.45, 2.75) is 56.7 Å². The molecule has 206 valence electrons. The summed E-state index contributed by atoms with van der Waals surface area (Å²) in [6.45, 7) is 0. The summed E-state index contributed by atoms with van der Waals surface area (Å²) in [5, 5.41) is 8.05. The van der Waals surface area contributed by atoms with Crippen LogP contribution in [0.1, 0.15) is 61.0 Å². The van der Waals surface area contributed by atoms with Crippen molar-refractivity contribution in [2.24, 2.45) is 5.92 Å². The molecular formula is C34H38N4O2. The van der Waals surface area contributed by atoms with Crippen LogP contribution in [-0.2, 0) is 16.0 Å². The molecule has 3 N–H and O–H groups in total. The zero-order valence-electron chi connectivity index (χ0n) is 23.3. The van der Waals surface area contributed by atoms with Gasteiger partial charge in [-0.2, -0.15) is 0 Å². The first-order valence-electron chi connectivity index (χ1n) is 14.5. The Hall–Kier alpha value is -3.90. The number of para-hydroxylation sites is 1. The lowest BCUT2D eigenvalue weighted by Crippen LogP contribution is -2.53. The fraction of sp³-hybridized carbons (Fsp3) is 0.353. The van der Waals surface area contributed by atoms with Gasteiger partial charge in [0.05, 0.1) is 12.1 Å². The van der Waals surface area contributed by atoms with Crippen LogP contribution in [0.15, 0.2) is 78.9 Å². The molecule has 1 aromatic heterocycles. The van der Waals surface area contributed by atoms with E-state index in [0.717, 1.165) is 35.0 Å². The highest BCUT2D eigenvalue weighted by molar-refractivity contribution is 5.92. The molecule has 4 aromatic rings. The molecule has 3 aromatic carbocycles. The van der Waals surface area contributed by atoms with Crippen molar-refractivity contribution in [3.63, 3.8) is 0 Å². The summed E-state index contributed by atoms with van der Waals surface area (Å²) in [5.41, 5.74) is 6.54. The van der Waals surface area contributed by atoms with Gasteiger partial charge in [-0.3, -0.25) is 14.9 Å². The summed E-state index contributed by atoms with van der Waals surface area (Å²) in [6, 6.07) is 25.4. The van der Waals surface area contributed by atoms with Gasteiger partial charge in [0.2, 0.25) is 11.8 Å². The Labute approximate surface area is 236 Å². The smallest absolute Gasteiger partial charge is 0.249 e. The predicted octanol–water partition coefficient (Wildman–Crippen LogP) is 5.92. The van der Waals surface area contributed by atoms with E-state index < -0.39 is 12.1 Å². The molecule has 6 rings (SSSR count). The van der Waals surface area contributed by atoms with Crippen molar-refractivity contribution in [1.29, 1.82) is 0 Å². The zero-order chi connectivity index (χ0) is 27.6. The highest BCUT2D eigenvalue weighted by Crippen LogP contribution is 2.40.